The number of halogens is 3. The molecule has 0 heterocycles. The van der Waals surface area contributed by atoms with Crippen molar-refractivity contribution < 1.29 is 18.0 Å². The van der Waals surface area contributed by atoms with Crippen LogP contribution in [-0.4, -0.2) is 38.0 Å². The molecule has 0 spiro atoms. The normalized spacial score (nSPS) is 10.8. The maximum atomic E-state index is 13.3. The molecule has 0 atom stereocenters. The second kappa shape index (κ2) is 7.13. The van der Waals surface area contributed by atoms with E-state index in [-0.39, 0.29) is 24.4 Å². The van der Waals surface area contributed by atoms with Gasteiger partial charge in [-0.2, -0.15) is 0 Å². The minimum absolute atomic E-state index is 0.0480. The summed E-state index contributed by atoms with van der Waals surface area (Å²) in [6.45, 7) is 0.805. The van der Waals surface area contributed by atoms with Crippen LogP contribution in [-0.2, 0) is 11.2 Å². The second-order valence-electron chi connectivity index (χ2n) is 4.49. The molecular formula is C13H17F3N2O. The van der Waals surface area contributed by atoms with Gasteiger partial charge in [-0.1, -0.05) is 6.07 Å². The lowest BCUT2D eigenvalue weighted by molar-refractivity contribution is -0.121. The molecule has 1 aromatic rings. The summed E-state index contributed by atoms with van der Waals surface area (Å²) in [6.07, 6.45) is 0.462. The minimum Gasteiger partial charge on any atom is -0.356 e. The Hall–Kier alpha value is -1.56. The third kappa shape index (κ3) is 4.90. The van der Waals surface area contributed by atoms with E-state index in [1.54, 1.807) is 0 Å². The van der Waals surface area contributed by atoms with Gasteiger partial charge in [0.25, 0.3) is 0 Å². The highest BCUT2D eigenvalue weighted by molar-refractivity contribution is 5.76. The Morgan fingerprint density at radius 2 is 1.89 bits per heavy atom. The van der Waals surface area contributed by atoms with E-state index in [1.165, 1.54) is 6.07 Å². The Morgan fingerprint density at radius 3 is 2.53 bits per heavy atom. The highest BCUT2D eigenvalue weighted by atomic mass is 19.2. The van der Waals surface area contributed by atoms with Crippen molar-refractivity contribution >= 4 is 5.91 Å². The smallest absolute Gasteiger partial charge is 0.221 e. The van der Waals surface area contributed by atoms with E-state index in [2.05, 4.69) is 5.32 Å². The molecule has 3 nitrogen and oxygen atoms in total. The number of hydrogen-bond donors (Lipinski definition) is 1. The first-order valence-corrected chi connectivity index (χ1v) is 5.95. The zero-order valence-electron chi connectivity index (χ0n) is 11.0. The molecule has 1 aromatic carbocycles. The van der Waals surface area contributed by atoms with E-state index in [1.807, 2.05) is 19.0 Å². The lowest BCUT2D eigenvalue weighted by atomic mass is 10.1. The lowest BCUT2D eigenvalue weighted by Gasteiger charge is -2.10. The summed E-state index contributed by atoms with van der Waals surface area (Å²) in [6, 6.07) is 2.06. The first-order chi connectivity index (χ1) is 8.91. The summed E-state index contributed by atoms with van der Waals surface area (Å²) < 4.78 is 38.9. The minimum atomic E-state index is -1.48. The zero-order valence-corrected chi connectivity index (χ0v) is 11.0. The fourth-order valence-corrected chi connectivity index (χ4v) is 1.51. The van der Waals surface area contributed by atoms with Crippen molar-refractivity contribution in [1.29, 1.82) is 0 Å². The number of hydrogen-bond acceptors (Lipinski definition) is 2. The molecular weight excluding hydrogens is 257 g/mol. The van der Waals surface area contributed by atoms with E-state index in [9.17, 15) is 18.0 Å². The van der Waals surface area contributed by atoms with Crippen molar-refractivity contribution in [3.8, 4) is 0 Å². The van der Waals surface area contributed by atoms with Gasteiger partial charge in [-0.3, -0.25) is 4.79 Å². The number of nitrogens with zero attached hydrogens (tertiary/aromatic N) is 1. The van der Waals surface area contributed by atoms with Crippen LogP contribution in [0, 0.1) is 17.5 Å². The van der Waals surface area contributed by atoms with Gasteiger partial charge in [0.1, 0.15) is 0 Å². The summed E-state index contributed by atoms with van der Waals surface area (Å²) in [5.41, 5.74) is 0.0480. The van der Waals surface area contributed by atoms with Crippen LogP contribution in [0.2, 0.25) is 0 Å². The van der Waals surface area contributed by atoms with Gasteiger partial charge in [-0.05, 0) is 32.1 Å². The maximum absolute atomic E-state index is 13.3. The van der Waals surface area contributed by atoms with Crippen LogP contribution >= 0.6 is 0 Å². The summed E-state index contributed by atoms with van der Waals surface area (Å²) in [5, 5.41) is 2.60. The van der Waals surface area contributed by atoms with Crippen molar-refractivity contribution in [2.24, 2.45) is 0 Å². The number of nitrogens with one attached hydrogen (secondary N) is 1. The van der Waals surface area contributed by atoms with Gasteiger partial charge < -0.3 is 10.2 Å². The highest BCUT2D eigenvalue weighted by Crippen LogP contribution is 2.15. The Morgan fingerprint density at radius 1 is 1.21 bits per heavy atom. The topological polar surface area (TPSA) is 32.3 Å². The lowest BCUT2D eigenvalue weighted by Crippen LogP contribution is -2.29. The van der Waals surface area contributed by atoms with E-state index in [0.717, 1.165) is 6.07 Å². The molecule has 1 N–H and O–H groups in total. The molecule has 19 heavy (non-hydrogen) atoms. The molecule has 0 unspecified atom stereocenters. The molecule has 0 saturated carbocycles. The van der Waals surface area contributed by atoms with Crippen LogP contribution in [0.5, 0.6) is 0 Å². The van der Waals surface area contributed by atoms with Gasteiger partial charge in [0.05, 0.1) is 0 Å². The summed E-state index contributed by atoms with van der Waals surface area (Å²) in [5.74, 6) is -4.04. The molecule has 106 valence electrons. The molecule has 0 aliphatic carbocycles. The van der Waals surface area contributed by atoms with Crippen LogP contribution in [0.15, 0.2) is 12.1 Å². The SMILES string of the molecule is CN(C)CCC(=O)NCCc1ccc(F)c(F)c1F. The molecule has 0 radical (unpaired) electrons. The largest absolute Gasteiger partial charge is 0.356 e. The first kappa shape index (κ1) is 15.5. The third-order valence-electron chi connectivity index (χ3n) is 2.62. The van der Waals surface area contributed by atoms with Crippen molar-refractivity contribution in [1.82, 2.24) is 10.2 Å². The van der Waals surface area contributed by atoms with Gasteiger partial charge in [-0.25, -0.2) is 13.2 Å². The quantitative estimate of drug-likeness (QED) is 0.801. The van der Waals surface area contributed by atoms with Gasteiger partial charge in [-0.15, -0.1) is 0 Å². The van der Waals surface area contributed by atoms with Gasteiger partial charge in [0.15, 0.2) is 17.5 Å². The predicted molar refractivity (Wildman–Crippen MR) is 66.2 cm³/mol. The summed E-state index contributed by atoms with van der Waals surface area (Å²) in [4.78, 5) is 13.2. The number of rotatable bonds is 6. The Bertz CT molecular complexity index is 450. The highest BCUT2D eigenvalue weighted by Gasteiger charge is 2.13. The first-order valence-electron chi connectivity index (χ1n) is 5.95. The molecule has 1 rings (SSSR count). The predicted octanol–water partition coefficient (Wildman–Crippen LogP) is 1.71. The fraction of sp³-hybridized carbons (Fsp3) is 0.462. The van der Waals surface area contributed by atoms with Crippen molar-refractivity contribution in [3.05, 3.63) is 35.1 Å². The van der Waals surface area contributed by atoms with E-state index >= 15 is 0 Å². The number of carbonyl (C=O) groups is 1. The van der Waals surface area contributed by atoms with Crippen LogP contribution < -0.4 is 5.32 Å². The molecule has 0 aromatic heterocycles. The molecule has 0 aliphatic heterocycles. The average Bonchev–Trinajstić information content (AvgIpc) is 2.36. The van der Waals surface area contributed by atoms with Crippen molar-refractivity contribution in [3.63, 3.8) is 0 Å². The van der Waals surface area contributed by atoms with Gasteiger partial charge in [0, 0.05) is 19.5 Å². The van der Waals surface area contributed by atoms with Crippen LogP contribution in [0.3, 0.4) is 0 Å². The number of benzene rings is 1. The van der Waals surface area contributed by atoms with Crippen LogP contribution in [0.4, 0.5) is 13.2 Å². The van der Waals surface area contributed by atoms with Crippen molar-refractivity contribution in [2.75, 3.05) is 27.2 Å². The zero-order chi connectivity index (χ0) is 14.4. The summed E-state index contributed by atoms with van der Waals surface area (Å²) in [7, 11) is 3.70. The number of carbonyl (C=O) groups excluding carboxylic acids is 1. The molecule has 0 bridgehead atoms. The molecule has 6 heteroatoms. The molecule has 0 fully saturated rings. The van der Waals surface area contributed by atoms with Crippen molar-refractivity contribution in [2.45, 2.75) is 12.8 Å². The van der Waals surface area contributed by atoms with E-state index < -0.39 is 17.5 Å². The van der Waals surface area contributed by atoms with E-state index in [4.69, 9.17) is 0 Å². The maximum Gasteiger partial charge on any atom is 0.221 e. The fourth-order valence-electron chi connectivity index (χ4n) is 1.51. The second-order valence-corrected chi connectivity index (χ2v) is 4.49. The Labute approximate surface area is 110 Å². The standard InChI is InChI=1S/C13H17F3N2O/c1-18(2)8-6-11(19)17-7-5-9-3-4-10(14)13(16)12(9)15/h3-4H,5-8H2,1-2H3,(H,17,19). The third-order valence-corrected chi connectivity index (χ3v) is 2.62. The van der Waals surface area contributed by atoms with Crippen LogP contribution in [0.25, 0.3) is 0 Å². The van der Waals surface area contributed by atoms with Gasteiger partial charge in [0.2, 0.25) is 5.91 Å². The number of amides is 1. The molecule has 0 saturated heterocycles. The monoisotopic (exact) mass is 274 g/mol. The van der Waals surface area contributed by atoms with E-state index in [0.29, 0.717) is 13.0 Å². The summed E-state index contributed by atoms with van der Waals surface area (Å²) >= 11 is 0. The average molecular weight is 274 g/mol. The van der Waals surface area contributed by atoms with Crippen LogP contribution in [0.1, 0.15) is 12.0 Å². The molecule has 0 aliphatic rings. The Kier molecular flexibility index (Phi) is 5.82. The molecule has 1 amide bonds. The Balaban J connectivity index is 2.41. The van der Waals surface area contributed by atoms with Gasteiger partial charge >= 0.3 is 0 Å².